The first kappa shape index (κ1) is 19.4. The van der Waals surface area contributed by atoms with Crippen molar-refractivity contribution < 1.29 is 14.0 Å². The number of aromatic nitrogens is 1. The van der Waals surface area contributed by atoms with Crippen molar-refractivity contribution in [2.75, 3.05) is 5.32 Å². The van der Waals surface area contributed by atoms with Crippen LogP contribution in [0.4, 0.5) is 10.1 Å². The van der Waals surface area contributed by atoms with Gasteiger partial charge in [0, 0.05) is 11.9 Å². The zero-order chi connectivity index (χ0) is 20.1. The third-order valence-corrected chi connectivity index (χ3v) is 4.28. The Labute approximate surface area is 162 Å². The Balaban J connectivity index is 1.71. The Morgan fingerprint density at radius 1 is 1.07 bits per heavy atom. The lowest BCUT2D eigenvalue weighted by Crippen LogP contribution is -2.32. The number of halogens is 1. The highest BCUT2D eigenvalue weighted by molar-refractivity contribution is 6.03. The summed E-state index contributed by atoms with van der Waals surface area (Å²) < 4.78 is 14.0. The van der Waals surface area contributed by atoms with E-state index in [1.165, 1.54) is 24.4 Å². The molecule has 0 spiro atoms. The van der Waals surface area contributed by atoms with Crippen LogP contribution in [-0.4, -0.2) is 10.6 Å². The number of rotatable bonds is 6. The van der Waals surface area contributed by atoms with Crippen molar-refractivity contribution in [3.05, 3.63) is 99.7 Å². The first-order valence-corrected chi connectivity index (χ1v) is 8.95. The molecule has 0 bridgehead atoms. The Kier molecular flexibility index (Phi) is 5.89. The van der Waals surface area contributed by atoms with Crippen molar-refractivity contribution in [3.8, 4) is 0 Å². The maximum atomic E-state index is 13.0. The third-order valence-electron chi connectivity index (χ3n) is 4.28. The van der Waals surface area contributed by atoms with Gasteiger partial charge in [-0.2, -0.15) is 4.73 Å². The number of hydrogen-bond acceptors (Lipinski definition) is 3. The van der Waals surface area contributed by atoms with E-state index in [1.54, 1.807) is 30.3 Å². The second-order valence-electron chi connectivity index (χ2n) is 6.68. The van der Waals surface area contributed by atoms with E-state index in [0.717, 1.165) is 10.3 Å². The largest absolute Gasteiger partial charge is 0.406 e. The first-order valence-electron chi connectivity index (χ1n) is 8.95. The third kappa shape index (κ3) is 4.65. The molecule has 3 rings (SSSR count). The highest BCUT2D eigenvalue weighted by atomic mass is 19.1. The van der Waals surface area contributed by atoms with Crippen LogP contribution in [0.2, 0.25) is 0 Å². The van der Waals surface area contributed by atoms with Crippen LogP contribution in [0.3, 0.4) is 0 Å². The van der Waals surface area contributed by atoms with Crippen LogP contribution in [0.15, 0.2) is 71.7 Å². The van der Waals surface area contributed by atoms with E-state index < -0.39 is 11.5 Å². The van der Waals surface area contributed by atoms with Gasteiger partial charge < -0.3 is 10.2 Å². The number of benzene rings is 2. The van der Waals surface area contributed by atoms with Gasteiger partial charge in [-0.25, -0.2) is 4.39 Å². The van der Waals surface area contributed by atoms with Gasteiger partial charge in [0.1, 0.15) is 18.0 Å². The molecule has 6 heteroatoms. The minimum Gasteiger partial charge on any atom is -0.406 e. The van der Waals surface area contributed by atoms with E-state index in [2.05, 4.69) is 19.2 Å². The molecule has 1 N–H and O–H groups in total. The summed E-state index contributed by atoms with van der Waals surface area (Å²) in [6.07, 6.45) is 1.43. The minimum absolute atomic E-state index is 0.0328. The van der Waals surface area contributed by atoms with Crippen LogP contribution >= 0.6 is 0 Å². The van der Waals surface area contributed by atoms with Gasteiger partial charge in [0.05, 0.1) is 0 Å². The Morgan fingerprint density at radius 3 is 2.39 bits per heavy atom. The fraction of sp³-hybridized carbons (Fsp3) is 0.182. The molecule has 2 aromatic carbocycles. The highest BCUT2D eigenvalue weighted by Gasteiger charge is 2.13. The van der Waals surface area contributed by atoms with Crippen molar-refractivity contribution >= 4 is 11.6 Å². The monoisotopic (exact) mass is 380 g/mol. The number of anilines is 1. The summed E-state index contributed by atoms with van der Waals surface area (Å²) in [6, 6.07) is 16.3. The molecule has 144 valence electrons. The highest BCUT2D eigenvalue weighted by Crippen LogP contribution is 2.17. The fourth-order valence-corrected chi connectivity index (χ4v) is 2.62. The van der Waals surface area contributed by atoms with Gasteiger partial charge >= 0.3 is 0 Å². The van der Waals surface area contributed by atoms with Crippen LogP contribution in [0.5, 0.6) is 0 Å². The summed E-state index contributed by atoms with van der Waals surface area (Å²) in [6.45, 7) is 4.25. The minimum atomic E-state index is -0.569. The first-order chi connectivity index (χ1) is 13.4. The molecule has 0 atom stereocenters. The molecule has 0 aliphatic heterocycles. The molecule has 1 aromatic heterocycles. The van der Waals surface area contributed by atoms with Crippen molar-refractivity contribution in [2.45, 2.75) is 26.4 Å². The molecule has 5 nitrogen and oxygen atoms in total. The predicted octanol–water partition coefficient (Wildman–Crippen LogP) is 3.99. The summed E-state index contributed by atoms with van der Waals surface area (Å²) in [5.41, 5.74) is 1.87. The molecule has 0 saturated heterocycles. The van der Waals surface area contributed by atoms with Crippen LogP contribution in [0.1, 0.15) is 41.3 Å². The molecular formula is C22H21FN2O3. The molecule has 0 unspecified atom stereocenters. The maximum absolute atomic E-state index is 13.0. The lowest BCUT2D eigenvalue weighted by atomic mass is 10.0. The van der Waals surface area contributed by atoms with Crippen LogP contribution in [0, 0.1) is 5.82 Å². The van der Waals surface area contributed by atoms with Crippen molar-refractivity contribution in [3.63, 3.8) is 0 Å². The van der Waals surface area contributed by atoms with Gasteiger partial charge in [0.2, 0.25) is 0 Å². The normalized spacial score (nSPS) is 10.7. The molecule has 0 aliphatic rings. The fourth-order valence-electron chi connectivity index (χ4n) is 2.62. The quantitative estimate of drug-likeness (QED) is 0.703. The standard InChI is InChI=1S/C22H21FN2O3/c1-15(2)17-7-11-19(12-8-17)24-21(26)20-4-3-13-25(22(20)27)28-14-16-5-9-18(23)10-6-16/h3-13,15H,14H2,1-2H3,(H,24,26). The zero-order valence-corrected chi connectivity index (χ0v) is 15.7. The van der Waals surface area contributed by atoms with Crippen LogP contribution < -0.4 is 15.7 Å². The molecule has 0 radical (unpaired) electrons. The predicted molar refractivity (Wildman–Crippen MR) is 106 cm³/mol. The lowest BCUT2D eigenvalue weighted by Gasteiger charge is -2.11. The number of pyridine rings is 1. The maximum Gasteiger partial charge on any atom is 0.295 e. The molecule has 28 heavy (non-hydrogen) atoms. The van der Waals surface area contributed by atoms with E-state index in [1.807, 2.05) is 12.1 Å². The number of carbonyl (C=O) groups is 1. The lowest BCUT2D eigenvalue weighted by molar-refractivity contribution is 0.0863. The van der Waals surface area contributed by atoms with Gasteiger partial charge in [-0.15, -0.1) is 0 Å². The summed E-state index contributed by atoms with van der Waals surface area (Å²) in [4.78, 5) is 30.5. The van der Waals surface area contributed by atoms with Crippen molar-refractivity contribution in [2.24, 2.45) is 0 Å². The topological polar surface area (TPSA) is 60.3 Å². The number of nitrogens with one attached hydrogen (secondary N) is 1. The number of nitrogens with zero attached hydrogens (tertiary/aromatic N) is 1. The van der Waals surface area contributed by atoms with E-state index in [-0.39, 0.29) is 18.0 Å². The van der Waals surface area contributed by atoms with Crippen molar-refractivity contribution in [1.82, 2.24) is 4.73 Å². The molecule has 1 amide bonds. The summed E-state index contributed by atoms with van der Waals surface area (Å²) in [5.74, 6) is -0.465. The molecule has 1 heterocycles. The Morgan fingerprint density at radius 2 is 1.75 bits per heavy atom. The van der Waals surface area contributed by atoms with Gasteiger partial charge in [-0.3, -0.25) is 9.59 Å². The van der Waals surface area contributed by atoms with Gasteiger partial charge in [0.25, 0.3) is 11.5 Å². The summed E-state index contributed by atoms with van der Waals surface area (Å²) in [5, 5.41) is 2.72. The van der Waals surface area contributed by atoms with Gasteiger partial charge in [0.15, 0.2) is 0 Å². The van der Waals surface area contributed by atoms with Crippen molar-refractivity contribution in [1.29, 1.82) is 0 Å². The second-order valence-corrected chi connectivity index (χ2v) is 6.68. The van der Waals surface area contributed by atoms with E-state index in [4.69, 9.17) is 4.84 Å². The second kappa shape index (κ2) is 8.52. The number of amides is 1. The van der Waals surface area contributed by atoms with E-state index in [0.29, 0.717) is 17.2 Å². The molecule has 0 fully saturated rings. The van der Waals surface area contributed by atoms with E-state index in [9.17, 15) is 14.0 Å². The SMILES string of the molecule is CC(C)c1ccc(NC(=O)c2cccn(OCc3ccc(F)cc3)c2=O)cc1. The smallest absolute Gasteiger partial charge is 0.295 e. The average Bonchev–Trinajstić information content (AvgIpc) is 2.69. The molecule has 3 aromatic rings. The number of hydrogen-bond donors (Lipinski definition) is 1. The average molecular weight is 380 g/mol. The van der Waals surface area contributed by atoms with Crippen LogP contribution in [0.25, 0.3) is 0 Å². The molecule has 0 aliphatic carbocycles. The number of carbonyl (C=O) groups excluding carboxylic acids is 1. The molecular weight excluding hydrogens is 359 g/mol. The van der Waals surface area contributed by atoms with Gasteiger partial charge in [-0.05, 0) is 53.4 Å². The van der Waals surface area contributed by atoms with Crippen LogP contribution in [-0.2, 0) is 6.61 Å². The Hall–Kier alpha value is -3.41. The Bertz CT molecular complexity index is 1010. The zero-order valence-electron chi connectivity index (χ0n) is 15.7. The van der Waals surface area contributed by atoms with Gasteiger partial charge in [-0.1, -0.05) is 38.1 Å². The summed E-state index contributed by atoms with van der Waals surface area (Å²) in [7, 11) is 0. The molecule has 0 saturated carbocycles. The summed E-state index contributed by atoms with van der Waals surface area (Å²) >= 11 is 0. The van der Waals surface area contributed by atoms with E-state index >= 15 is 0 Å².